The first-order valence-electron chi connectivity index (χ1n) is 5.52. The van der Waals surface area contributed by atoms with Crippen LogP contribution in [0, 0.1) is 0 Å². The third kappa shape index (κ3) is 2.06. The van der Waals surface area contributed by atoms with Crippen molar-refractivity contribution in [2.45, 2.75) is 18.1 Å². The fourth-order valence-corrected chi connectivity index (χ4v) is 2.29. The van der Waals surface area contributed by atoms with Gasteiger partial charge in [0, 0.05) is 19.8 Å². The Kier molecular flexibility index (Phi) is 3.45. The number of esters is 1. The van der Waals surface area contributed by atoms with Gasteiger partial charge < -0.3 is 14.2 Å². The number of ether oxygens (including phenoxy) is 3. The molecule has 92 valence electrons. The molecule has 17 heavy (non-hydrogen) atoms. The van der Waals surface area contributed by atoms with Gasteiger partial charge in [0.1, 0.15) is 6.10 Å². The maximum absolute atomic E-state index is 11.5. The van der Waals surface area contributed by atoms with Gasteiger partial charge in [-0.15, -0.1) is 0 Å². The minimum Gasteiger partial charge on any atom is -0.449 e. The third-order valence-electron chi connectivity index (χ3n) is 3.07. The van der Waals surface area contributed by atoms with E-state index >= 15 is 0 Å². The van der Waals surface area contributed by atoms with Crippen molar-refractivity contribution in [1.82, 2.24) is 0 Å². The van der Waals surface area contributed by atoms with Gasteiger partial charge in [-0.25, -0.2) is 0 Å². The van der Waals surface area contributed by atoms with E-state index in [0.29, 0.717) is 6.61 Å². The van der Waals surface area contributed by atoms with E-state index in [0.717, 1.165) is 5.56 Å². The van der Waals surface area contributed by atoms with Crippen LogP contribution in [0.15, 0.2) is 30.3 Å². The predicted octanol–water partition coefficient (Wildman–Crippen LogP) is 1.49. The summed E-state index contributed by atoms with van der Waals surface area (Å²) in [7, 11) is 3.17. The van der Waals surface area contributed by atoms with Crippen LogP contribution in [0.1, 0.15) is 12.0 Å². The first-order valence-corrected chi connectivity index (χ1v) is 5.52. The summed E-state index contributed by atoms with van der Waals surface area (Å²) in [5, 5.41) is 0. The minimum absolute atomic E-state index is 0.252. The van der Waals surface area contributed by atoms with E-state index in [2.05, 4.69) is 0 Å². The van der Waals surface area contributed by atoms with Gasteiger partial charge in [-0.2, -0.15) is 0 Å². The minimum atomic E-state index is -0.818. The molecule has 0 spiro atoms. The second-order valence-corrected chi connectivity index (χ2v) is 4.09. The van der Waals surface area contributed by atoms with Gasteiger partial charge in [-0.1, -0.05) is 30.3 Å². The van der Waals surface area contributed by atoms with Crippen LogP contribution in [-0.4, -0.2) is 32.9 Å². The first-order chi connectivity index (χ1) is 8.23. The largest absolute Gasteiger partial charge is 0.449 e. The Bertz CT molecular complexity index is 390. The Morgan fingerprint density at radius 3 is 2.65 bits per heavy atom. The number of benzene rings is 1. The Morgan fingerprint density at radius 1 is 1.35 bits per heavy atom. The van der Waals surface area contributed by atoms with E-state index in [1.165, 1.54) is 0 Å². The van der Waals surface area contributed by atoms with E-state index < -0.39 is 5.60 Å². The lowest BCUT2D eigenvalue weighted by atomic mass is 9.89. The van der Waals surface area contributed by atoms with Crippen molar-refractivity contribution in [2.24, 2.45) is 0 Å². The van der Waals surface area contributed by atoms with E-state index in [4.69, 9.17) is 14.2 Å². The van der Waals surface area contributed by atoms with Crippen LogP contribution in [-0.2, 0) is 24.6 Å². The fourth-order valence-electron chi connectivity index (χ4n) is 2.29. The van der Waals surface area contributed by atoms with Crippen molar-refractivity contribution in [3.05, 3.63) is 35.9 Å². The van der Waals surface area contributed by atoms with Gasteiger partial charge in [-0.3, -0.25) is 4.79 Å². The van der Waals surface area contributed by atoms with E-state index in [-0.39, 0.29) is 18.5 Å². The number of rotatable bonds is 4. The van der Waals surface area contributed by atoms with Crippen molar-refractivity contribution in [3.8, 4) is 0 Å². The van der Waals surface area contributed by atoms with E-state index in [1.807, 2.05) is 30.3 Å². The van der Waals surface area contributed by atoms with Crippen molar-refractivity contribution >= 4 is 5.97 Å². The summed E-state index contributed by atoms with van der Waals surface area (Å²) in [4.78, 5) is 11.5. The average molecular weight is 236 g/mol. The summed E-state index contributed by atoms with van der Waals surface area (Å²) in [6, 6.07) is 9.58. The molecule has 0 bridgehead atoms. The van der Waals surface area contributed by atoms with Gasteiger partial charge >= 0.3 is 5.97 Å². The molecule has 2 atom stereocenters. The summed E-state index contributed by atoms with van der Waals surface area (Å²) in [5.41, 5.74) is 0.0847. The molecule has 1 aromatic rings. The van der Waals surface area contributed by atoms with E-state index in [1.54, 1.807) is 14.2 Å². The van der Waals surface area contributed by atoms with Crippen molar-refractivity contribution in [2.75, 3.05) is 20.8 Å². The zero-order chi connectivity index (χ0) is 12.3. The maximum Gasteiger partial charge on any atom is 0.309 e. The highest BCUT2D eigenvalue weighted by Gasteiger charge is 2.51. The second kappa shape index (κ2) is 4.85. The molecule has 0 saturated carbocycles. The highest BCUT2D eigenvalue weighted by Crippen LogP contribution is 2.38. The van der Waals surface area contributed by atoms with Crippen molar-refractivity contribution < 1.29 is 19.0 Å². The molecular weight excluding hydrogens is 220 g/mol. The molecule has 2 rings (SSSR count). The molecule has 4 heteroatoms. The standard InChI is InChI=1S/C13H16O4/c1-15-9-13(10-6-4-3-5-7-10)11(16-2)8-12(14)17-13/h3-7,11H,8-9H2,1-2H3/t11-,13+/m0/s1. The van der Waals surface area contributed by atoms with Gasteiger partial charge in [0.25, 0.3) is 0 Å². The fraction of sp³-hybridized carbons (Fsp3) is 0.462. The van der Waals surface area contributed by atoms with Crippen LogP contribution in [0.2, 0.25) is 0 Å². The Hall–Kier alpha value is -1.39. The summed E-state index contributed by atoms with van der Waals surface area (Å²) in [5.74, 6) is -0.252. The molecule has 4 nitrogen and oxygen atoms in total. The van der Waals surface area contributed by atoms with Crippen LogP contribution in [0.3, 0.4) is 0 Å². The van der Waals surface area contributed by atoms with Crippen LogP contribution in [0.4, 0.5) is 0 Å². The Morgan fingerprint density at radius 2 is 2.06 bits per heavy atom. The van der Waals surface area contributed by atoms with Gasteiger partial charge in [0.15, 0.2) is 5.60 Å². The molecule has 0 N–H and O–H groups in total. The summed E-state index contributed by atoms with van der Waals surface area (Å²) in [6.07, 6.45) is -0.0493. The number of hydrogen-bond donors (Lipinski definition) is 0. The van der Waals surface area contributed by atoms with Gasteiger partial charge in [-0.05, 0) is 0 Å². The van der Waals surface area contributed by atoms with Crippen molar-refractivity contribution in [1.29, 1.82) is 0 Å². The van der Waals surface area contributed by atoms with Crippen LogP contribution < -0.4 is 0 Å². The summed E-state index contributed by atoms with van der Waals surface area (Å²) < 4.78 is 16.1. The highest BCUT2D eigenvalue weighted by atomic mass is 16.6. The monoisotopic (exact) mass is 236 g/mol. The molecule has 1 saturated heterocycles. The molecule has 1 heterocycles. The van der Waals surface area contributed by atoms with Gasteiger partial charge in [0.2, 0.25) is 0 Å². The molecular formula is C13H16O4. The predicted molar refractivity (Wildman–Crippen MR) is 61.5 cm³/mol. The molecule has 0 aromatic heterocycles. The topological polar surface area (TPSA) is 44.8 Å². The lowest BCUT2D eigenvalue weighted by Crippen LogP contribution is -2.41. The Balaban J connectivity index is 2.42. The second-order valence-electron chi connectivity index (χ2n) is 4.09. The highest BCUT2D eigenvalue weighted by molar-refractivity contribution is 5.74. The zero-order valence-electron chi connectivity index (χ0n) is 10.0. The zero-order valence-corrected chi connectivity index (χ0v) is 10.0. The van der Waals surface area contributed by atoms with Crippen molar-refractivity contribution in [3.63, 3.8) is 0 Å². The molecule has 1 aliphatic heterocycles. The average Bonchev–Trinajstić information content (AvgIpc) is 2.68. The van der Waals surface area contributed by atoms with Gasteiger partial charge in [0.05, 0.1) is 13.0 Å². The molecule has 0 amide bonds. The summed E-state index contributed by atoms with van der Waals surface area (Å²) in [6.45, 7) is 0.293. The lowest BCUT2D eigenvalue weighted by molar-refractivity contribution is -0.160. The smallest absolute Gasteiger partial charge is 0.309 e. The maximum atomic E-state index is 11.5. The SMILES string of the molecule is COC[C@]1(c2ccccc2)OC(=O)C[C@@H]1OC. The summed E-state index contributed by atoms with van der Waals surface area (Å²) >= 11 is 0. The molecule has 1 fully saturated rings. The molecule has 0 unspecified atom stereocenters. The normalized spacial score (nSPS) is 28.1. The number of hydrogen-bond acceptors (Lipinski definition) is 4. The number of methoxy groups -OCH3 is 2. The number of carbonyl (C=O) groups is 1. The number of cyclic esters (lactones) is 1. The van der Waals surface area contributed by atoms with Crippen LogP contribution in [0.25, 0.3) is 0 Å². The molecule has 1 aromatic carbocycles. The van der Waals surface area contributed by atoms with E-state index in [9.17, 15) is 4.79 Å². The third-order valence-corrected chi connectivity index (χ3v) is 3.07. The van der Waals surface area contributed by atoms with Crippen LogP contribution in [0.5, 0.6) is 0 Å². The Labute approximate surface area is 100 Å². The molecule has 1 aliphatic rings. The number of carbonyl (C=O) groups excluding carboxylic acids is 1. The quantitative estimate of drug-likeness (QED) is 0.743. The molecule has 0 aliphatic carbocycles. The first kappa shape index (κ1) is 12.1. The molecule has 0 radical (unpaired) electrons. The lowest BCUT2D eigenvalue weighted by Gasteiger charge is -2.32. The van der Waals surface area contributed by atoms with Crippen LogP contribution >= 0.6 is 0 Å².